The maximum absolute atomic E-state index is 9.69. The van der Waals surface area contributed by atoms with Crippen molar-refractivity contribution in [3.63, 3.8) is 0 Å². The minimum absolute atomic E-state index is 0.468. The lowest BCUT2D eigenvalue weighted by atomic mass is 9.81. The predicted molar refractivity (Wildman–Crippen MR) is 36.0 cm³/mol. The molecule has 1 atom stereocenters. The van der Waals surface area contributed by atoms with Gasteiger partial charge < -0.3 is 5.11 Å². The Bertz CT molecular complexity index is 147. The normalized spacial score (nSPS) is 54.8. The maximum atomic E-state index is 9.69. The number of fused-ring (bicyclic) bond motifs is 1. The Morgan fingerprint density at radius 1 is 1.56 bits per heavy atom. The molecular weight excluding hydrogens is 112 g/mol. The van der Waals surface area contributed by atoms with E-state index < -0.39 is 5.60 Å². The molecule has 0 aromatic heterocycles. The summed E-state index contributed by atoms with van der Waals surface area (Å²) in [5, 5.41) is 9.69. The molecule has 50 valence electrons. The molecular formula is C8H12O. The van der Waals surface area contributed by atoms with Crippen molar-refractivity contribution >= 4 is 0 Å². The molecule has 3 aliphatic carbocycles. The molecule has 1 unspecified atom stereocenters. The van der Waals surface area contributed by atoms with Crippen molar-refractivity contribution in [1.82, 2.24) is 0 Å². The third kappa shape index (κ3) is 0.531. The minimum Gasteiger partial charge on any atom is -0.386 e. The molecule has 0 saturated heterocycles. The lowest BCUT2D eigenvalue weighted by Crippen LogP contribution is -2.29. The van der Waals surface area contributed by atoms with E-state index in [1.807, 2.05) is 0 Å². The fourth-order valence-electron chi connectivity index (χ4n) is 2.19. The molecule has 3 aliphatic rings. The first-order valence-corrected chi connectivity index (χ1v) is 3.60. The van der Waals surface area contributed by atoms with Gasteiger partial charge in [0.05, 0.1) is 5.60 Å². The van der Waals surface area contributed by atoms with E-state index in [0.717, 1.165) is 12.3 Å². The fraction of sp³-hybridized carbons (Fsp3) is 0.750. The number of hydrogen-bond acceptors (Lipinski definition) is 1. The smallest absolute Gasteiger partial charge is 0.0855 e. The van der Waals surface area contributed by atoms with Crippen molar-refractivity contribution in [3.8, 4) is 0 Å². The van der Waals surface area contributed by atoms with Crippen molar-refractivity contribution < 1.29 is 5.11 Å². The van der Waals surface area contributed by atoms with E-state index in [2.05, 4.69) is 6.58 Å². The zero-order valence-electron chi connectivity index (χ0n) is 5.51. The SMILES string of the molecule is C=CC1(O)CC2CC1C2. The highest BCUT2D eigenvalue weighted by Crippen LogP contribution is 2.55. The first kappa shape index (κ1) is 5.48. The molecule has 0 heterocycles. The molecule has 0 aromatic rings. The van der Waals surface area contributed by atoms with Gasteiger partial charge >= 0.3 is 0 Å². The predicted octanol–water partition coefficient (Wildman–Crippen LogP) is 1.33. The van der Waals surface area contributed by atoms with Crippen molar-refractivity contribution in [2.24, 2.45) is 11.8 Å². The lowest BCUT2D eigenvalue weighted by molar-refractivity contribution is 0.0577. The summed E-state index contributed by atoms with van der Waals surface area (Å²) in [5.74, 6) is 1.37. The van der Waals surface area contributed by atoms with E-state index in [4.69, 9.17) is 0 Å². The van der Waals surface area contributed by atoms with Gasteiger partial charge in [-0.25, -0.2) is 0 Å². The van der Waals surface area contributed by atoms with Crippen LogP contribution >= 0.6 is 0 Å². The molecule has 0 radical (unpaired) electrons. The van der Waals surface area contributed by atoms with Crippen LogP contribution in [0, 0.1) is 11.8 Å². The molecule has 1 heteroatoms. The number of aliphatic hydroxyl groups is 1. The highest BCUT2D eigenvalue weighted by atomic mass is 16.3. The van der Waals surface area contributed by atoms with E-state index in [9.17, 15) is 5.11 Å². The molecule has 9 heavy (non-hydrogen) atoms. The maximum Gasteiger partial charge on any atom is 0.0855 e. The van der Waals surface area contributed by atoms with Crippen molar-refractivity contribution in [1.29, 1.82) is 0 Å². The molecule has 0 spiro atoms. The van der Waals surface area contributed by atoms with Crippen LogP contribution in [0.3, 0.4) is 0 Å². The zero-order chi connectivity index (χ0) is 6.48. The second kappa shape index (κ2) is 1.40. The van der Waals surface area contributed by atoms with Crippen LogP contribution in [0.25, 0.3) is 0 Å². The van der Waals surface area contributed by atoms with Gasteiger partial charge in [-0.3, -0.25) is 0 Å². The summed E-state index contributed by atoms with van der Waals surface area (Å²) in [6, 6.07) is 0. The van der Waals surface area contributed by atoms with Crippen LogP contribution < -0.4 is 0 Å². The van der Waals surface area contributed by atoms with Gasteiger partial charge in [0.1, 0.15) is 0 Å². The summed E-state index contributed by atoms with van der Waals surface area (Å²) >= 11 is 0. The van der Waals surface area contributed by atoms with E-state index in [1.165, 1.54) is 12.8 Å². The van der Waals surface area contributed by atoms with Crippen LogP contribution in [-0.2, 0) is 0 Å². The standard InChI is InChI=1S/C8H12O/c1-2-8(9)5-6-3-7(8)4-6/h2,6-7,9H,1,3-5H2. The van der Waals surface area contributed by atoms with Gasteiger partial charge in [0, 0.05) is 0 Å². The Kier molecular flexibility index (Phi) is 0.854. The Balaban J connectivity index is 2.22. The van der Waals surface area contributed by atoms with Crippen molar-refractivity contribution in [3.05, 3.63) is 12.7 Å². The largest absolute Gasteiger partial charge is 0.386 e. The van der Waals surface area contributed by atoms with Crippen LogP contribution in [0.4, 0.5) is 0 Å². The second-order valence-corrected chi connectivity index (χ2v) is 3.43. The van der Waals surface area contributed by atoms with Crippen molar-refractivity contribution in [2.75, 3.05) is 0 Å². The molecule has 0 amide bonds. The van der Waals surface area contributed by atoms with E-state index >= 15 is 0 Å². The van der Waals surface area contributed by atoms with Gasteiger partial charge in [-0.1, -0.05) is 6.08 Å². The van der Waals surface area contributed by atoms with Gasteiger partial charge in [0.15, 0.2) is 0 Å². The Hall–Kier alpha value is -0.300. The first-order valence-electron chi connectivity index (χ1n) is 3.60. The van der Waals surface area contributed by atoms with Crippen LogP contribution in [-0.4, -0.2) is 10.7 Å². The molecule has 3 fully saturated rings. The molecule has 2 bridgehead atoms. The average Bonchev–Trinajstić information content (AvgIpc) is 2.19. The summed E-state index contributed by atoms with van der Waals surface area (Å²) in [4.78, 5) is 0. The highest BCUT2D eigenvalue weighted by molar-refractivity contribution is 5.13. The van der Waals surface area contributed by atoms with Crippen LogP contribution in [0.15, 0.2) is 12.7 Å². The lowest BCUT2D eigenvalue weighted by Gasteiger charge is -2.27. The van der Waals surface area contributed by atoms with E-state index in [0.29, 0.717) is 5.92 Å². The Labute approximate surface area is 55.4 Å². The van der Waals surface area contributed by atoms with Gasteiger partial charge in [-0.2, -0.15) is 0 Å². The van der Waals surface area contributed by atoms with Gasteiger partial charge in [0.2, 0.25) is 0 Å². The van der Waals surface area contributed by atoms with Crippen LogP contribution in [0.5, 0.6) is 0 Å². The third-order valence-corrected chi connectivity index (χ3v) is 2.91. The fourth-order valence-corrected chi connectivity index (χ4v) is 2.19. The second-order valence-electron chi connectivity index (χ2n) is 3.43. The monoisotopic (exact) mass is 124 g/mol. The number of hydrogen-bond donors (Lipinski definition) is 1. The molecule has 1 nitrogen and oxygen atoms in total. The first-order chi connectivity index (χ1) is 4.24. The average molecular weight is 124 g/mol. The topological polar surface area (TPSA) is 20.2 Å². The quantitative estimate of drug-likeness (QED) is 0.523. The summed E-state index contributed by atoms with van der Waals surface area (Å²) in [6.07, 6.45) is 5.18. The minimum atomic E-state index is -0.468. The molecule has 1 N–H and O–H groups in total. The van der Waals surface area contributed by atoms with Crippen LogP contribution in [0.2, 0.25) is 0 Å². The highest BCUT2D eigenvalue weighted by Gasteiger charge is 2.52. The summed E-state index contributed by atoms with van der Waals surface area (Å²) in [6.45, 7) is 3.64. The Morgan fingerprint density at radius 2 is 2.22 bits per heavy atom. The molecule has 3 saturated carbocycles. The van der Waals surface area contributed by atoms with Gasteiger partial charge in [0.25, 0.3) is 0 Å². The summed E-state index contributed by atoms with van der Waals surface area (Å²) < 4.78 is 0. The van der Waals surface area contributed by atoms with Crippen LogP contribution in [0.1, 0.15) is 19.3 Å². The third-order valence-electron chi connectivity index (χ3n) is 2.91. The molecule has 3 rings (SSSR count). The number of rotatable bonds is 1. The van der Waals surface area contributed by atoms with Gasteiger partial charge in [-0.15, -0.1) is 6.58 Å². The molecule has 0 aliphatic heterocycles. The van der Waals surface area contributed by atoms with E-state index in [-0.39, 0.29) is 0 Å². The summed E-state index contributed by atoms with van der Waals surface area (Å²) in [5.41, 5.74) is -0.468. The summed E-state index contributed by atoms with van der Waals surface area (Å²) in [7, 11) is 0. The molecule has 0 aromatic carbocycles. The zero-order valence-corrected chi connectivity index (χ0v) is 5.51. The Morgan fingerprint density at radius 3 is 2.44 bits per heavy atom. The van der Waals surface area contributed by atoms with Crippen molar-refractivity contribution in [2.45, 2.75) is 24.9 Å². The van der Waals surface area contributed by atoms with Gasteiger partial charge in [-0.05, 0) is 31.1 Å². The van der Waals surface area contributed by atoms with E-state index in [1.54, 1.807) is 6.08 Å².